The van der Waals surface area contributed by atoms with Crippen molar-refractivity contribution >= 4 is 27.8 Å². The number of nitrogens with zero attached hydrogens (tertiary/aromatic N) is 1. The summed E-state index contributed by atoms with van der Waals surface area (Å²) in [6.07, 6.45) is 0.283. The number of halogens is 1. The monoisotopic (exact) mass is 310 g/mol. The Hall–Kier alpha value is -1.82. The molecular formula is C12H11BrN2O3. The Labute approximate surface area is 112 Å². The third kappa shape index (κ3) is 2.70. The molecule has 1 aromatic carbocycles. The van der Waals surface area contributed by atoms with E-state index < -0.39 is 5.97 Å². The molecule has 0 radical (unpaired) electrons. The number of carboxylic acids is 1. The largest absolute Gasteiger partial charge is 0.481 e. The molecule has 1 heterocycles. The van der Waals surface area contributed by atoms with Crippen LogP contribution in [-0.2, 0) is 11.2 Å². The van der Waals surface area contributed by atoms with Crippen LogP contribution in [0.25, 0.3) is 11.1 Å². The first-order valence-corrected chi connectivity index (χ1v) is 6.09. The van der Waals surface area contributed by atoms with Crippen molar-refractivity contribution in [2.75, 3.05) is 5.73 Å². The molecule has 94 valence electrons. The summed E-state index contributed by atoms with van der Waals surface area (Å²) in [5.41, 5.74) is 7.82. The van der Waals surface area contributed by atoms with E-state index in [9.17, 15) is 4.79 Å². The van der Waals surface area contributed by atoms with Crippen molar-refractivity contribution in [1.29, 1.82) is 0 Å². The Balaban J connectivity index is 2.37. The molecule has 0 saturated carbocycles. The van der Waals surface area contributed by atoms with Crippen molar-refractivity contribution in [2.24, 2.45) is 0 Å². The van der Waals surface area contributed by atoms with Crippen LogP contribution in [0.3, 0.4) is 0 Å². The van der Waals surface area contributed by atoms with Gasteiger partial charge >= 0.3 is 5.97 Å². The zero-order valence-corrected chi connectivity index (χ0v) is 11.0. The van der Waals surface area contributed by atoms with Crippen LogP contribution in [0, 0.1) is 0 Å². The molecule has 18 heavy (non-hydrogen) atoms. The lowest BCUT2D eigenvalue weighted by Crippen LogP contribution is -1.99. The van der Waals surface area contributed by atoms with E-state index in [4.69, 9.17) is 15.4 Å². The smallest absolute Gasteiger partial charge is 0.303 e. The predicted molar refractivity (Wildman–Crippen MR) is 70.0 cm³/mol. The summed E-state index contributed by atoms with van der Waals surface area (Å²) in [7, 11) is 0. The van der Waals surface area contributed by atoms with E-state index in [1.54, 1.807) is 0 Å². The number of nitrogen functional groups attached to an aromatic ring is 1. The molecule has 2 rings (SSSR count). The molecule has 0 atom stereocenters. The van der Waals surface area contributed by atoms with Gasteiger partial charge in [-0.25, -0.2) is 0 Å². The van der Waals surface area contributed by atoms with Gasteiger partial charge in [-0.05, 0) is 17.7 Å². The van der Waals surface area contributed by atoms with Gasteiger partial charge in [0.1, 0.15) is 0 Å². The zero-order valence-electron chi connectivity index (χ0n) is 9.39. The fourth-order valence-corrected chi connectivity index (χ4v) is 2.09. The van der Waals surface area contributed by atoms with Gasteiger partial charge in [0.2, 0.25) is 5.88 Å². The first-order chi connectivity index (χ1) is 8.58. The molecule has 1 aromatic heterocycles. The van der Waals surface area contributed by atoms with E-state index in [-0.39, 0.29) is 18.7 Å². The topological polar surface area (TPSA) is 89.4 Å². The minimum Gasteiger partial charge on any atom is -0.481 e. The molecule has 5 nitrogen and oxygen atoms in total. The van der Waals surface area contributed by atoms with Crippen molar-refractivity contribution in [3.8, 4) is 11.1 Å². The summed E-state index contributed by atoms with van der Waals surface area (Å²) in [6.45, 7) is 0. The first-order valence-electron chi connectivity index (χ1n) is 5.29. The van der Waals surface area contributed by atoms with Crippen LogP contribution < -0.4 is 5.73 Å². The van der Waals surface area contributed by atoms with Crippen LogP contribution in [0.4, 0.5) is 5.88 Å². The number of aromatic nitrogens is 1. The van der Waals surface area contributed by atoms with Gasteiger partial charge in [0.25, 0.3) is 0 Å². The van der Waals surface area contributed by atoms with E-state index >= 15 is 0 Å². The average Bonchev–Trinajstić information content (AvgIpc) is 2.68. The number of rotatable bonds is 4. The second-order valence-electron chi connectivity index (χ2n) is 3.77. The van der Waals surface area contributed by atoms with Gasteiger partial charge in [-0.3, -0.25) is 4.79 Å². The van der Waals surface area contributed by atoms with Crippen molar-refractivity contribution in [3.05, 3.63) is 34.4 Å². The highest BCUT2D eigenvalue weighted by Crippen LogP contribution is 2.31. The molecular weight excluding hydrogens is 300 g/mol. The van der Waals surface area contributed by atoms with Gasteiger partial charge < -0.3 is 15.4 Å². The molecule has 0 amide bonds. The Kier molecular flexibility index (Phi) is 3.66. The highest BCUT2D eigenvalue weighted by molar-refractivity contribution is 9.10. The highest BCUT2D eigenvalue weighted by Gasteiger charge is 2.16. The fraction of sp³-hybridized carbons (Fsp3) is 0.167. The molecule has 0 spiro atoms. The minimum atomic E-state index is -0.878. The van der Waals surface area contributed by atoms with E-state index in [0.717, 1.165) is 10.0 Å². The van der Waals surface area contributed by atoms with E-state index in [0.29, 0.717) is 11.3 Å². The molecule has 0 unspecified atom stereocenters. The molecule has 0 aliphatic heterocycles. The quantitative estimate of drug-likeness (QED) is 0.906. The van der Waals surface area contributed by atoms with E-state index in [1.165, 1.54) is 0 Å². The molecule has 0 aliphatic carbocycles. The standard InChI is InChI=1S/C12H11BrN2O3/c13-8-3-1-2-7(6-8)11-9(4-5-10(16)17)15-18-12(11)14/h1-3,6H,4-5,14H2,(H,16,17). The SMILES string of the molecule is Nc1onc(CCC(=O)O)c1-c1cccc(Br)c1. The number of benzene rings is 1. The number of hydrogen-bond donors (Lipinski definition) is 2. The summed E-state index contributed by atoms with van der Waals surface area (Å²) in [4.78, 5) is 10.6. The van der Waals surface area contributed by atoms with Crippen LogP contribution in [0.2, 0.25) is 0 Å². The molecule has 3 N–H and O–H groups in total. The van der Waals surface area contributed by atoms with Crippen LogP contribution in [0.1, 0.15) is 12.1 Å². The van der Waals surface area contributed by atoms with Crippen molar-refractivity contribution in [3.63, 3.8) is 0 Å². The maximum absolute atomic E-state index is 10.6. The second-order valence-corrected chi connectivity index (χ2v) is 4.69. The molecule has 0 bridgehead atoms. The average molecular weight is 311 g/mol. The summed E-state index contributed by atoms with van der Waals surface area (Å²) in [5.74, 6) is -0.676. The number of nitrogens with two attached hydrogens (primary N) is 1. The van der Waals surface area contributed by atoms with Crippen molar-refractivity contribution in [1.82, 2.24) is 5.16 Å². The molecule has 6 heteroatoms. The summed E-state index contributed by atoms with van der Waals surface area (Å²) < 4.78 is 5.85. The summed E-state index contributed by atoms with van der Waals surface area (Å²) in [5, 5.41) is 12.5. The zero-order chi connectivity index (χ0) is 13.1. The maximum Gasteiger partial charge on any atom is 0.303 e. The lowest BCUT2D eigenvalue weighted by Gasteiger charge is -2.02. The lowest BCUT2D eigenvalue weighted by atomic mass is 10.0. The van der Waals surface area contributed by atoms with Gasteiger partial charge in [0, 0.05) is 10.9 Å². The van der Waals surface area contributed by atoms with Gasteiger partial charge in [-0.15, -0.1) is 0 Å². The number of carbonyl (C=O) groups is 1. The van der Waals surface area contributed by atoms with Crippen LogP contribution >= 0.6 is 15.9 Å². The predicted octanol–water partition coefficient (Wildman–Crippen LogP) is 2.70. The van der Waals surface area contributed by atoms with E-state index in [2.05, 4.69) is 21.1 Å². The van der Waals surface area contributed by atoms with Gasteiger partial charge in [-0.2, -0.15) is 0 Å². The number of anilines is 1. The second kappa shape index (κ2) is 5.22. The Morgan fingerprint density at radius 1 is 1.50 bits per heavy atom. The highest BCUT2D eigenvalue weighted by atomic mass is 79.9. The van der Waals surface area contributed by atoms with Crippen LogP contribution in [0.15, 0.2) is 33.3 Å². The summed E-state index contributed by atoms with van der Waals surface area (Å²) >= 11 is 3.37. The summed E-state index contributed by atoms with van der Waals surface area (Å²) in [6, 6.07) is 7.52. The third-order valence-corrected chi connectivity index (χ3v) is 2.97. The Morgan fingerprint density at radius 2 is 2.28 bits per heavy atom. The Morgan fingerprint density at radius 3 is 2.94 bits per heavy atom. The number of hydrogen-bond acceptors (Lipinski definition) is 4. The first kappa shape index (κ1) is 12.6. The molecule has 0 aliphatic rings. The number of aliphatic carboxylic acids is 1. The van der Waals surface area contributed by atoms with E-state index in [1.807, 2.05) is 24.3 Å². The third-order valence-electron chi connectivity index (χ3n) is 2.48. The molecule has 0 saturated heterocycles. The maximum atomic E-state index is 10.6. The van der Waals surface area contributed by atoms with Crippen molar-refractivity contribution in [2.45, 2.75) is 12.8 Å². The van der Waals surface area contributed by atoms with Crippen LogP contribution in [-0.4, -0.2) is 16.2 Å². The fourth-order valence-electron chi connectivity index (χ4n) is 1.69. The van der Waals surface area contributed by atoms with Gasteiger partial charge in [0.15, 0.2) is 0 Å². The van der Waals surface area contributed by atoms with Gasteiger partial charge in [0.05, 0.1) is 17.7 Å². The van der Waals surface area contributed by atoms with Crippen molar-refractivity contribution < 1.29 is 14.4 Å². The molecule has 2 aromatic rings. The normalized spacial score (nSPS) is 10.5. The molecule has 0 fully saturated rings. The van der Waals surface area contributed by atoms with Crippen LogP contribution in [0.5, 0.6) is 0 Å². The lowest BCUT2D eigenvalue weighted by molar-refractivity contribution is -0.136. The number of aryl methyl sites for hydroxylation is 1. The minimum absolute atomic E-state index is 0.00697. The Bertz CT molecular complexity index is 580. The number of carboxylic acid groups (broad SMARTS) is 1. The van der Waals surface area contributed by atoms with Gasteiger partial charge in [-0.1, -0.05) is 33.2 Å².